The summed E-state index contributed by atoms with van der Waals surface area (Å²) in [5, 5.41) is 25.7. The van der Waals surface area contributed by atoms with E-state index in [1.54, 1.807) is 61.3 Å². The average molecular weight is 2210 g/mol. The van der Waals surface area contributed by atoms with E-state index < -0.39 is 24.9 Å². The van der Waals surface area contributed by atoms with E-state index >= 15 is 0 Å². The molecule has 0 spiro atoms. The minimum atomic E-state index is -2.26. The molecular formula is C91H80Ir3N9O6Se3-3. The summed E-state index contributed by atoms with van der Waals surface area (Å²) in [5.41, 5.74) is 19.7. The van der Waals surface area contributed by atoms with Crippen molar-refractivity contribution in [2.75, 3.05) is 23.8 Å². The van der Waals surface area contributed by atoms with Gasteiger partial charge in [0, 0.05) is 116 Å². The Balaban J connectivity index is 0.000000150. The molecule has 3 N–H and O–H groups in total. The van der Waals surface area contributed by atoms with E-state index in [4.69, 9.17) is 24.4 Å². The van der Waals surface area contributed by atoms with Crippen molar-refractivity contribution in [2.45, 2.75) is 96.3 Å². The van der Waals surface area contributed by atoms with Crippen LogP contribution in [0.4, 0.5) is 22.7 Å². The molecule has 3 radical (unpaired) electrons. The van der Waals surface area contributed by atoms with Crippen LogP contribution < -0.4 is 36.6 Å². The quantitative estimate of drug-likeness (QED) is 0.0907. The van der Waals surface area contributed by atoms with Crippen molar-refractivity contribution in [3.8, 4) is 44.9 Å². The van der Waals surface area contributed by atoms with Gasteiger partial charge in [0.1, 0.15) is 17.1 Å². The monoisotopic (exact) mass is 2220 g/mol. The number of hydrogen-bond acceptors (Lipinski definition) is 12. The number of hydrogen-bond donors (Lipinski definition) is 3. The van der Waals surface area contributed by atoms with Crippen molar-refractivity contribution >= 4 is 112 Å². The van der Waals surface area contributed by atoms with Crippen molar-refractivity contribution in [3.05, 3.63) is 318 Å². The fourth-order valence-electron chi connectivity index (χ4n) is 13.9. The number of aryl methyl sites for hydroxylation is 1. The van der Waals surface area contributed by atoms with E-state index in [-0.39, 0.29) is 97.8 Å². The normalized spacial score (nSPS) is 14.1. The number of anilines is 4. The van der Waals surface area contributed by atoms with E-state index in [0.717, 1.165) is 59.6 Å². The summed E-state index contributed by atoms with van der Waals surface area (Å²) in [5.74, 6) is -1.70. The molecule has 112 heavy (non-hydrogen) atoms. The first-order chi connectivity index (χ1) is 54.2. The van der Waals surface area contributed by atoms with E-state index in [2.05, 4.69) is 173 Å². The number of fused-ring (bicyclic) bond motifs is 6. The van der Waals surface area contributed by atoms with E-state index in [1.165, 1.54) is 137 Å². The maximum atomic E-state index is 10.6. The molecule has 3 aliphatic heterocycles. The zero-order valence-electron chi connectivity index (χ0n) is 64.8. The Bertz CT molecular complexity index is 5400. The van der Waals surface area contributed by atoms with Gasteiger partial charge in [-0.25, -0.2) is 29.3 Å². The Morgan fingerprint density at radius 3 is 1.49 bits per heavy atom. The van der Waals surface area contributed by atoms with Crippen LogP contribution in [0.25, 0.3) is 44.9 Å². The molecule has 2 aliphatic carbocycles. The van der Waals surface area contributed by atoms with Gasteiger partial charge in [0.15, 0.2) is 0 Å². The molecule has 5 aliphatic rings. The van der Waals surface area contributed by atoms with Crippen molar-refractivity contribution in [3.63, 3.8) is 0 Å². The van der Waals surface area contributed by atoms with Crippen molar-refractivity contribution < 1.29 is 94.1 Å². The van der Waals surface area contributed by atoms with Crippen molar-refractivity contribution in [2.24, 2.45) is 0 Å². The molecule has 15 nitrogen and oxygen atoms in total. The minimum absolute atomic E-state index is 0. The molecule has 21 heteroatoms. The number of nitrogens with zero attached hydrogens (tertiary/aromatic N) is 9. The van der Waals surface area contributed by atoms with E-state index in [1.807, 2.05) is 91.3 Å². The number of benzene rings is 6. The first-order valence-electron chi connectivity index (χ1n) is 37.4. The van der Waals surface area contributed by atoms with E-state index in [9.17, 15) is 14.4 Å². The second-order valence-corrected chi connectivity index (χ2v) is 33.6. The molecular weight excluding hydrogens is 2130 g/mol. The van der Waals surface area contributed by atoms with Gasteiger partial charge in [-0.05, 0) is 119 Å². The summed E-state index contributed by atoms with van der Waals surface area (Å²) >= 11 is 0.744. The summed E-state index contributed by atoms with van der Waals surface area (Å²) in [6.07, 6.45) is 24.0. The Morgan fingerprint density at radius 2 is 0.955 bits per heavy atom. The Hall–Kier alpha value is -9.11. The van der Waals surface area contributed by atoms with Crippen LogP contribution in [0.1, 0.15) is 146 Å². The van der Waals surface area contributed by atoms with Gasteiger partial charge < -0.3 is 25.2 Å². The molecule has 6 aromatic carbocycles. The maximum absolute atomic E-state index is 10.6. The van der Waals surface area contributed by atoms with Gasteiger partial charge in [-0.3, -0.25) is 4.98 Å². The molecule has 13 aromatic rings. The Morgan fingerprint density at radius 1 is 0.438 bits per heavy atom. The van der Waals surface area contributed by atoms with Crippen LogP contribution in [-0.4, -0.2) is 127 Å². The third kappa shape index (κ3) is 20.1. The second kappa shape index (κ2) is 40.1. The SMILES string of the molecule is CN1c2ccccc2C(C)(C)c2cc[c-]c(-c3ccc(-c4ccncc4)cn3)c21.O=C(O)c1ccc(C2CCCC2)cn1.O=C(O)c1ccc(C2CCCC2)cn1.O=C(O)c1ccccn1.[2H]C([2H])([2H])N1c2cc[c-]c(-c3ccccn3)c2[Se]c2c1ccc(C)c2C.[Ir].[Ir].[Ir].[c-]1ccc2c(c1-c1ccccn1)[Se]c1ccccc1[Se]2. The molecule has 0 amide bonds. The summed E-state index contributed by atoms with van der Waals surface area (Å²) < 4.78 is 32.5. The van der Waals surface area contributed by atoms with Gasteiger partial charge >= 0.3 is 296 Å². The molecule has 10 heterocycles. The molecule has 0 unspecified atom stereocenters. The molecule has 2 saturated carbocycles. The number of rotatable bonds is 9. The van der Waals surface area contributed by atoms with Crippen molar-refractivity contribution in [1.82, 2.24) is 34.9 Å². The van der Waals surface area contributed by atoms with Gasteiger partial charge in [0.25, 0.3) is 0 Å². The zero-order valence-corrected chi connectivity index (χ0v) is 74.1. The number of pyridine rings is 7. The summed E-state index contributed by atoms with van der Waals surface area (Å²) in [6.45, 7) is 6.47. The summed E-state index contributed by atoms with van der Waals surface area (Å²) in [4.78, 5) is 64.3. The van der Waals surface area contributed by atoms with Crippen LogP contribution in [0.3, 0.4) is 0 Å². The molecule has 2 fully saturated rings. The molecule has 0 atom stereocenters. The molecule has 7 aromatic heterocycles. The number of para-hydroxylation sites is 1. The molecule has 0 bridgehead atoms. The van der Waals surface area contributed by atoms with Crippen LogP contribution in [0.2, 0.25) is 0 Å². The molecule has 18 rings (SSSR count). The van der Waals surface area contributed by atoms with Gasteiger partial charge in [0.05, 0.1) is 0 Å². The average Bonchev–Trinajstić information content (AvgIpc) is 0.789. The summed E-state index contributed by atoms with van der Waals surface area (Å²) in [6, 6.07) is 75.5. The fourth-order valence-corrected chi connectivity index (χ4v) is 22.3. The van der Waals surface area contributed by atoms with Gasteiger partial charge in [-0.15, -0.1) is 23.8 Å². The Kier molecular flexibility index (Phi) is 28.9. The number of carboxylic acids is 3. The Labute approximate surface area is 718 Å². The van der Waals surface area contributed by atoms with Gasteiger partial charge in [-0.1, -0.05) is 93.6 Å². The number of carboxylic acid groups (broad SMARTS) is 3. The van der Waals surface area contributed by atoms with Crippen molar-refractivity contribution in [1.29, 1.82) is 0 Å². The third-order valence-corrected chi connectivity index (χ3v) is 28.8. The van der Waals surface area contributed by atoms with Crippen LogP contribution in [-0.2, 0) is 65.7 Å². The first-order valence-corrected chi connectivity index (χ1v) is 41.1. The van der Waals surface area contributed by atoms with Crippen LogP contribution in [0.15, 0.2) is 250 Å². The van der Waals surface area contributed by atoms with Crippen LogP contribution in [0.5, 0.6) is 0 Å². The molecule has 573 valence electrons. The van der Waals surface area contributed by atoms with Gasteiger partial charge in [0.2, 0.25) is 0 Å². The van der Waals surface area contributed by atoms with Crippen LogP contribution in [0, 0.1) is 32.0 Å². The standard InChI is InChI=1S/C26H22N3.C20H17N2Se.C17H10NSe2.2C11H13NO2.C6H5NO2.3Ir/c1-26(2)21-8-4-5-10-24(21)29(3)25-20(7-6-9-22(25)26)23-12-11-19(17-28-23)18-13-15-27-16-14-18;1-13-10-11-18-19(14(13)2)23-20-15(16-8-4-5-12-21-16)7-6-9-17(20)22(18)3;1-2-9-15-14(8-1)19-16-10-5-6-12(17(16)20-15)13-7-3-4-11-18-13;2*13-11(14)10-6-5-9(7-12-10)8-3-1-2-4-8;8-6(9)5-3-1-2-4-7-5;;;/h4-6,8-17H,1-3H3;4-6,8-12H,1-3H3;1-5,7-11H;2*5-8H,1-4H2,(H,13,14);1-4H,(H,8,9);;;/q3*-1;;;;;;/i;3D3;;;;;;;. The predicted octanol–water partition coefficient (Wildman–Crippen LogP) is 14.7. The van der Waals surface area contributed by atoms with Crippen LogP contribution >= 0.6 is 0 Å². The van der Waals surface area contributed by atoms with E-state index in [0.29, 0.717) is 41.7 Å². The second-order valence-electron chi connectivity index (χ2n) is 27.0. The zero-order chi connectivity index (χ0) is 78.5. The third-order valence-electron chi connectivity index (χ3n) is 19.8. The number of aromatic carboxylic acids is 3. The summed E-state index contributed by atoms with van der Waals surface area (Å²) in [7, 11) is 2.13. The predicted molar refractivity (Wildman–Crippen MR) is 437 cm³/mol. The topological polar surface area (TPSA) is 209 Å². The number of aromatic nitrogens is 7. The number of carbonyl (C=O) groups is 3. The van der Waals surface area contributed by atoms with Gasteiger partial charge in [-0.2, -0.15) is 0 Å². The molecule has 0 saturated heterocycles. The first kappa shape index (κ1) is 80.9. The fraction of sp³-hybridized carbons (Fsp3) is 0.187.